The van der Waals surface area contributed by atoms with E-state index in [1.807, 2.05) is 13.8 Å². The van der Waals surface area contributed by atoms with Gasteiger partial charge in [0.1, 0.15) is 5.82 Å². The Kier molecular flexibility index (Phi) is 8.22. The zero-order chi connectivity index (χ0) is 18.4. The molecule has 7 heteroatoms. The highest BCUT2D eigenvalue weighted by molar-refractivity contribution is 6.05. The van der Waals surface area contributed by atoms with Crippen molar-refractivity contribution in [3.05, 3.63) is 59.9 Å². The van der Waals surface area contributed by atoms with Crippen molar-refractivity contribution in [1.82, 2.24) is 0 Å². The zero-order valence-electron chi connectivity index (χ0n) is 14.7. The molecule has 140 valence electrons. The van der Waals surface area contributed by atoms with Crippen LogP contribution in [0.5, 0.6) is 0 Å². The predicted octanol–water partition coefficient (Wildman–Crippen LogP) is 3.81. The summed E-state index contributed by atoms with van der Waals surface area (Å²) in [5, 5.41) is 5.33. The van der Waals surface area contributed by atoms with Crippen LogP contribution in [0, 0.1) is 11.7 Å². The molecule has 0 aliphatic carbocycles. The van der Waals surface area contributed by atoms with Crippen molar-refractivity contribution in [2.75, 3.05) is 10.6 Å². The van der Waals surface area contributed by atoms with Crippen molar-refractivity contribution >= 4 is 35.6 Å². The highest BCUT2D eigenvalue weighted by Crippen LogP contribution is 2.15. The maximum absolute atomic E-state index is 13.2. The molecule has 4 N–H and O–H groups in total. The summed E-state index contributed by atoms with van der Waals surface area (Å²) in [7, 11) is 0. The molecule has 2 aromatic carbocycles. The molecule has 0 spiro atoms. The summed E-state index contributed by atoms with van der Waals surface area (Å²) in [5.41, 5.74) is 7.09. The molecule has 0 fully saturated rings. The number of hydrogen-bond acceptors (Lipinski definition) is 3. The highest BCUT2D eigenvalue weighted by atomic mass is 35.5. The second-order valence-electron chi connectivity index (χ2n) is 5.95. The molecule has 2 amide bonds. The first kappa shape index (κ1) is 21.6. The quantitative estimate of drug-likeness (QED) is 0.713. The number of nitrogens with one attached hydrogen (secondary N) is 2. The van der Waals surface area contributed by atoms with E-state index in [0.717, 1.165) is 6.42 Å². The van der Waals surface area contributed by atoms with Crippen molar-refractivity contribution in [3.63, 3.8) is 0 Å². The van der Waals surface area contributed by atoms with Crippen LogP contribution in [0.15, 0.2) is 48.5 Å². The molecule has 2 unspecified atom stereocenters. The van der Waals surface area contributed by atoms with E-state index in [0.29, 0.717) is 16.9 Å². The Hall–Kier alpha value is -2.44. The molecule has 2 aromatic rings. The van der Waals surface area contributed by atoms with E-state index in [1.54, 1.807) is 30.3 Å². The van der Waals surface area contributed by atoms with Crippen molar-refractivity contribution in [1.29, 1.82) is 0 Å². The number of anilines is 2. The molecule has 0 aromatic heterocycles. The summed E-state index contributed by atoms with van der Waals surface area (Å²) in [6.07, 6.45) is 0.796. The summed E-state index contributed by atoms with van der Waals surface area (Å²) < 4.78 is 13.2. The molecule has 2 rings (SSSR count). The maximum Gasteiger partial charge on any atom is 0.255 e. The lowest BCUT2D eigenvalue weighted by atomic mass is 9.99. The summed E-state index contributed by atoms with van der Waals surface area (Å²) in [4.78, 5) is 24.4. The normalized spacial score (nSPS) is 12.5. The maximum atomic E-state index is 13.2. The number of rotatable bonds is 6. The van der Waals surface area contributed by atoms with Gasteiger partial charge in [0.25, 0.3) is 5.91 Å². The molecule has 0 aliphatic heterocycles. The third-order valence-corrected chi connectivity index (χ3v) is 4.03. The summed E-state index contributed by atoms with van der Waals surface area (Å²) in [6.45, 7) is 3.88. The number of halogens is 2. The van der Waals surface area contributed by atoms with E-state index >= 15 is 0 Å². The van der Waals surface area contributed by atoms with Gasteiger partial charge in [0.15, 0.2) is 0 Å². The van der Waals surface area contributed by atoms with Crippen LogP contribution in [0.2, 0.25) is 0 Å². The fourth-order valence-corrected chi connectivity index (χ4v) is 2.25. The summed E-state index contributed by atoms with van der Waals surface area (Å²) in [6, 6.07) is 11.5. The molecule has 0 saturated heterocycles. The molecule has 0 radical (unpaired) electrons. The third kappa shape index (κ3) is 5.82. The average Bonchev–Trinajstić information content (AvgIpc) is 2.60. The Morgan fingerprint density at radius 1 is 1.08 bits per heavy atom. The van der Waals surface area contributed by atoms with E-state index in [1.165, 1.54) is 18.2 Å². The molecule has 5 nitrogen and oxygen atoms in total. The largest absolute Gasteiger partial charge is 0.325 e. The van der Waals surface area contributed by atoms with E-state index < -0.39 is 17.8 Å². The highest BCUT2D eigenvalue weighted by Gasteiger charge is 2.19. The van der Waals surface area contributed by atoms with Gasteiger partial charge in [-0.25, -0.2) is 4.39 Å². The monoisotopic (exact) mass is 379 g/mol. The Bertz CT molecular complexity index is 770. The second-order valence-corrected chi connectivity index (χ2v) is 5.95. The van der Waals surface area contributed by atoms with Crippen LogP contribution in [0.25, 0.3) is 0 Å². The number of benzene rings is 2. The van der Waals surface area contributed by atoms with Gasteiger partial charge < -0.3 is 16.4 Å². The van der Waals surface area contributed by atoms with Crippen molar-refractivity contribution in [3.8, 4) is 0 Å². The Balaban J connectivity index is 0.00000338. The third-order valence-electron chi connectivity index (χ3n) is 4.03. The van der Waals surface area contributed by atoms with Gasteiger partial charge in [-0.1, -0.05) is 32.4 Å². The SMILES string of the molecule is CCC(C)C(N)C(=O)Nc1cccc(C(=O)Nc2cccc(F)c2)c1.Cl. The van der Waals surface area contributed by atoms with E-state index in [-0.39, 0.29) is 24.2 Å². The minimum absolute atomic E-state index is 0. The van der Waals surface area contributed by atoms with Gasteiger partial charge in [-0.2, -0.15) is 0 Å². The number of nitrogens with two attached hydrogens (primary N) is 1. The van der Waals surface area contributed by atoms with Gasteiger partial charge in [-0.3, -0.25) is 9.59 Å². The lowest BCUT2D eigenvalue weighted by Crippen LogP contribution is -2.40. The topological polar surface area (TPSA) is 84.2 Å². The summed E-state index contributed by atoms with van der Waals surface area (Å²) in [5.74, 6) is -1.07. The van der Waals surface area contributed by atoms with Crippen LogP contribution < -0.4 is 16.4 Å². The van der Waals surface area contributed by atoms with Crippen molar-refractivity contribution in [2.24, 2.45) is 11.7 Å². The Morgan fingerprint density at radius 3 is 2.31 bits per heavy atom. The van der Waals surface area contributed by atoms with Gasteiger partial charge in [0.2, 0.25) is 5.91 Å². The van der Waals surface area contributed by atoms with Crippen LogP contribution in [0.3, 0.4) is 0 Å². The lowest BCUT2D eigenvalue weighted by Gasteiger charge is -2.18. The average molecular weight is 380 g/mol. The molecule has 0 bridgehead atoms. The van der Waals surface area contributed by atoms with E-state index in [2.05, 4.69) is 10.6 Å². The van der Waals surface area contributed by atoms with E-state index in [9.17, 15) is 14.0 Å². The lowest BCUT2D eigenvalue weighted by molar-refractivity contribution is -0.118. The molecule has 0 saturated carbocycles. The zero-order valence-corrected chi connectivity index (χ0v) is 15.5. The van der Waals surface area contributed by atoms with Crippen LogP contribution >= 0.6 is 12.4 Å². The first-order valence-electron chi connectivity index (χ1n) is 8.14. The second kappa shape index (κ2) is 9.89. The van der Waals surface area contributed by atoms with Gasteiger partial charge in [-0.05, 0) is 42.3 Å². The van der Waals surface area contributed by atoms with Crippen LogP contribution in [0.1, 0.15) is 30.6 Å². The van der Waals surface area contributed by atoms with Gasteiger partial charge in [0.05, 0.1) is 6.04 Å². The van der Waals surface area contributed by atoms with Gasteiger partial charge in [0, 0.05) is 16.9 Å². The van der Waals surface area contributed by atoms with Crippen LogP contribution in [-0.4, -0.2) is 17.9 Å². The van der Waals surface area contributed by atoms with Gasteiger partial charge in [-0.15, -0.1) is 12.4 Å². The predicted molar refractivity (Wildman–Crippen MR) is 104 cm³/mol. The van der Waals surface area contributed by atoms with E-state index in [4.69, 9.17) is 5.73 Å². The van der Waals surface area contributed by atoms with Crippen molar-refractivity contribution < 1.29 is 14.0 Å². The molecular weight excluding hydrogens is 357 g/mol. The fourth-order valence-electron chi connectivity index (χ4n) is 2.25. The molecule has 0 aliphatic rings. The minimum atomic E-state index is -0.616. The Labute approximate surface area is 158 Å². The molecule has 26 heavy (non-hydrogen) atoms. The smallest absolute Gasteiger partial charge is 0.255 e. The first-order chi connectivity index (χ1) is 11.9. The molecule has 2 atom stereocenters. The summed E-state index contributed by atoms with van der Waals surface area (Å²) >= 11 is 0. The standard InChI is InChI=1S/C19H22FN3O2.ClH/c1-3-12(2)17(21)19(25)23-15-8-4-6-13(10-15)18(24)22-16-9-5-7-14(20)11-16;/h4-12,17H,3,21H2,1-2H3,(H,22,24)(H,23,25);1H. The first-order valence-corrected chi connectivity index (χ1v) is 8.14. The number of carbonyl (C=O) groups is 2. The van der Waals surface area contributed by atoms with Gasteiger partial charge >= 0.3 is 0 Å². The van der Waals surface area contributed by atoms with Crippen LogP contribution in [0.4, 0.5) is 15.8 Å². The minimum Gasteiger partial charge on any atom is -0.325 e. The Morgan fingerprint density at radius 2 is 1.69 bits per heavy atom. The molecule has 0 heterocycles. The van der Waals surface area contributed by atoms with Crippen LogP contribution in [-0.2, 0) is 4.79 Å². The van der Waals surface area contributed by atoms with Crippen molar-refractivity contribution in [2.45, 2.75) is 26.3 Å². The number of hydrogen-bond donors (Lipinski definition) is 3. The molecular formula is C19H23ClFN3O2. The number of amides is 2. The fraction of sp³-hybridized carbons (Fsp3) is 0.263. The number of carbonyl (C=O) groups excluding carboxylic acids is 2.